The lowest BCUT2D eigenvalue weighted by Gasteiger charge is -2.18. The van der Waals surface area contributed by atoms with Crippen molar-refractivity contribution in [2.75, 3.05) is 0 Å². The Kier molecular flexibility index (Phi) is 2.05. The van der Waals surface area contributed by atoms with Crippen LogP contribution >= 0.6 is 15.9 Å². The van der Waals surface area contributed by atoms with Crippen LogP contribution in [0.3, 0.4) is 0 Å². The van der Waals surface area contributed by atoms with Crippen LogP contribution in [-0.4, -0.2) is 8.42 Å². The molecule has 1 aliphatic rings. The monoisotopic (exact) mass is 263 g/mol. The maximum atomic E-state index is 11.0. The third kappa shape index (κ3) is 1.70. The number of hydrogen-bond acceptors (Lipinski definition) is 3. The highest BCUT2D eigenvalue weighted by Crippen LogP contribution is 2.32. The topological polar surface area (TPSA) is 55.4 Å². The third-order valence-corrected chi connectivity index (χ3v) is 3.19. The van der Waals surface area contributed by atoms with Gasteiger partial charge in [-0.15, -0.1) is 0 Å². The first-order valence-corrected chi connectivity index (χ1v) is 5.75. The minimum absolute atomic E-state index is 0.275. The molecular weight excluding hydrogens is 258 g/mol. The van der Waals surface area contributed by atoms with Gasteiger partial charge in [0.05, 0.1) is 4.47 Å². The van der Waals surface area contributed by atoms with E-state index in [4.69, 9.17) is 4.18 Å². The smallest absolute Gasteiger partial charge is 0.369 e. The van der Waals surface area contributed by atoms with Gasteiger partial charge in [0.1, 0.15) is 0 Å². The lowest BCUT2D eigenvalue weighted by atomic mass is 10.2. The highest BCUT2D eigenvalue weighted by molar-refractivity contribution is 9.10. The molecule has 0 radical (unpaired) electrons. The number of fused-ring (bicyclic) bond motifs is 1. The first-order chi connectivity index (χ1) is 6.08. The average Bonchev–Trinajstić information content (AvgIpc) is 2.06. The molecule has 2 rings (SSSR count). The zero-order chi connectivity index (χ0) is 9.47. The summed E-state index contributed by atoms with van der Waals surface area (Å²) < 4.78 is 29.7. The molecule has 0 saturated heterocycles. The Morgan fingerprint density at radius 1 is 1.46 bits per heavy atom. The predicted octanol–water partition coefficient (Wildman–Crippen LogP) is 1.18. The van der Waals surface area contributed by atoms with Crippen LogP contribution in [-0.2, 0) is 16.8 Å². The van der Waals surface area contributed by atoms with Crippen LogP contribution < -0.4 is 8.91 Å². The summed E-state index contributed by atoms with van der Waals surface area (Å²) in [7, 11) is -3.60. The van der Waals surface area contributed by atoms with E-state index >= 15 is 0 Å². The van der Waals surface area contributed by atoms with E-state index in [1.165, 1.54) is 0 Å². The number of halogens is 1. The van der Waals surface area contributed by atoms with Gasteiger partial charge in [-0.25, -0.2) is 0 Å². The average molecular weight is 264 g/mol. The molecule has 1 aliphatic heterocycles. The predicted molar refractivity (Wildman–Crippen MR) is 50.5 cm³/mol. The standard InChI is InChI=1S/C7H6BrNO3S/c8-6-3-1-2-5-4-9-13(10,11)12-7(5)6/h1-3,9H,4H2. The van der Waals surface area contributed by atoms with E-state index in [2.05, 4.69) is 20.7 Å². The molecule has 1 aromatic rings. The number of nitrogens with one attached hydrogen (secondary N) is 1. The molecule has 1 heterocycles. The van der Waals surface area contributed by atoms with E-state index in [1.807, 2.05) is 12.1 Å². The van der Waals surface area contributed by atoms with Crippen LogP contribution in [0.15, 0.2) is 22.7 Å². The zero-order valence-electron chi connectivity index (χ0n) is 6.45. The van der Waals surface area contributed by atoms with Gasteiger partial charge in [0.2, 0.25) is 0 Å². The maximum absolute atomic E-state index is 11.0. The van der Waals surface area contributed by atoms with Crippen molar-refractivity contribution in [3.05, 3.63) is 28.2 Å². The highest BCUT2D eigenvalue weighted by atomic mass is 79.9. The van der Waals surface area contributed by atoms with Crippen molar-refractivity contribution in [1.82, 2.24) is 4.72 Å². The molecule has 0 unspecified atom stereocenters. The van der Waals surface area contributed by atoms with Gasteiger partial charge in [0.25, 0.3) is 0 Å². The number of para-hydroxylation sites is 1. The lowest BCUT2D eigenvalue weighted by molar-refractivity contribution is 0.452. The summed E-state index contributed by atoms with van der Waals surface area (Å²) in [6, 6.07) is 5.37. The fraction of sp³-hybridized carbons (Fsp3) is 0.143. The van der Waals surface area contributed by atoms with Crippen LogP contribution in [0.1, 0.15) is 5.56 Å². The summed E-state index contributed by atoms with van der Waals surface area (Å²) in [5, 5.41) is 0. The minimum Gasteiger partial charge on any atom is -0.369 e. The fourth-order valence-corrected chi connectivity index (χ4v) is 2.49. The van der Waals surface area contributed by atoms with Crippen LogP contribution in [0.4, 0.5) is 0 Å². The van der Waals surface area contributed by atoms with Gasteiger partial charge in [0, 0.05) is 12.1 Å². The summed E-state index contributed by atoms with van der Waals surface area (Å²) >= 11 is 3.22. The van der Waals surface area contributed by atoms with Crippen molar-refractivity contribution >= 4 is 26.2 Å². The molecule has 0 fully saturated rings. The largest absolute Gasteiger partial charge is 0.382 e. The normalized spacial score (nSPS) is 18.8. The van der Waals surface area contributed by atoms with E-state index in [1.54, 1.807) is 6.07 Å². The molecule has 4 nitrogen and oxygen atoms in total. The molecule has 0 spiro atoms. The molecule has 0 amide bonds. The fourth-order valence-electron chi connectivity index (χ4n) is 1.09. The molecule has 1 N–H and O–H groups in total. The van der Waals surface area contributed by atoms with Crippen molar-refractivity contribution in [1.29, 1.82) is 0 Å². The van der Waals surface area contributed by atoms with E-state index in [0.29, 0.717) is 10.2 Å². The Balaban J connectivity index is 2.56. The van der Waals surface area contributed by atoms with Crippen LogP contribution in [0.2, 0.25) is 0 Å². The molecule has 1 aromatic carbocycles. The van der Waals surface area contributed by atoms with E-state index < -0.39 is 10.3 Å². The number of rotatable bonds is 0. The van der Waals surface area contributed by atoms with Crippen molar-refractivity contribution < 1.29 is 12.6 Å². The van der Waals surface area contributed by atoms with E-state index in [9.17, 15) is 8.42 Å². The second-order valence-electron chi connectivity index (χ2n) is 2.59. The molecular formula is C7H6BrNO3S. The van der Waals surface area contributed by atoms with Crippen molar-refractivity contribution in [3.63, 3.8) is 0 Å². The Bertz CT molecular complexity index is 443. The van der Waals surface area contributed by atoms with Crippen LogP contribution in [0.25, 0.3) is 0 Å². The number of hydrogen-bond donors (Lipinski definition) is 1. The highest BCUT2D eigenvalue weighted by Gasteiger charge is 2.23. The number of benzene rings is 1. The van der Waals surface area contributed by atoms with Crippen molar-refractivity contribution in [2.24, 2.45) is 0 Å². The maximum Gasteiger partial charge on any atom is 0.382 e. The molecule has 0 bridgehead atoms. The quantitative estimate of drug-likeness (QED) is 0.765. The summed E-state index contributed by atoms with van der Waals surface area (Å²) in [6.07, 6.45) is 0. The first kappa shape index (κ1) is 8.98. The van der Waals surface area contributed by atoms with Gasteiger partial charge in [-0.2, -0.15) is 13.1 Å². The first-order valence-electron chi connectivity index (χ1n) is 3.55. The summed E-state index contributed by atoms with van der Waals surface area (Å²) in [5.74, 6) is 0.376. The third-order valence-electron chi connectivity index (χ3n) is 1.68. The van der Waals surface area contributed by atoms with Gasteiger partial charge < -0.3 is 4.18 Å². The van der Waals surface area contributed by atoms with Gasteiger partial charge in [0.15, 0.2) is 5.75 Å². The Labute approximate surface area is 84.3 Å². The second kappa shape index (κ2) is 2.97. The molecule has 0 atom stereocenters. The summed E-state index contributed by atoms with van der Waals surface area (Å²) in [5.41, 5.74) is 0.823. The lowest BCUT2D eigenvalue weighted by Crippen LogP contribution is -2.32. The van der Waals surface area contributed by atoms with Crippen LogP contribution in [0, 0.1) is 0 Å². The molecule has 6 heteroatoms. The van der Waals surface area contributed by atoms with E-state index in [-0.39, 0.29) is 6.54 Å². The van der Waals surface area contributed by atoms with Crippen molar-refractivity contribution in [2.45, 2.75) is 6.54 Å². The SMILES string of the molecule is O=S1(=O)NCc2cccc(Br)c2O1. The molecule has 0 saturated carbocycles. The Hall–Kier alpha value is -0.590. The second-order valence-corrected chi connectivity index (χ2v) is 4.80. The van der Waals surface area contributed by atoms with E-state index in [0.717, 1.165) is 5.56 Å². The molecule has 13 heavy (non-hydrogen) atoms. The van der Waals surface area contributed by atoms with Gasteiger partial charge in [-0.3, -0.25) is 0 Å². The van der Waals surface area contributed by atoms with Crippen LogP contribution in [0.5, 0.6) is 5.75 Å². The Morgan fingerprint density at radius 2 is 2.23 bits per heavy atom. The Morgan fingerprint density at radius 3 is 3.00 bits per heavy atom. The van der Waals surface area contributed by atoms with Gasteiger partial charge in [-0.05, 0) is 22.0 Å². The molecule has 70 valence electrons. The molecule has 0 aliphatic carbocycles. The summed E-state index contributed by atoms with van der Waals surface area (Å²) in [6.45, 7) is 0.275. The summed E-state index contributed by atoms with van der Waals surface area (Å²) in [4.78, 5) is 0. The van der Waals surface area contributed by atoms with Gasteiger partial charge in [-0.1, -0.05) is 12.1 Å². The zero-order valence-corrected chi connectivity index (χ0v) is 8.85. The molecule has 0 aromatic heterocycles. The minimum atomic E-state index is -3.60. The van der Waals surface area contributed by atoms with Crippen molar-refractivity contribution in [3.8, 4) is 5.75 Å². The van der Waals surface area contributed by atoms with Gasteiger partial charge >= 0.3 is 10.3 Å².